The van der Waals surface area contributed by atoms with E-state index in [0.29, 0.717) is 3.12 Å². The summed E-state index contributed by atoms with van der Waals surface area (Å²) >= 11 is -3.12. The summed E-state index contributed by atoms with van der Waals surface area (Å²) < 4.78 is 14.2. The van der Waals surface area contributed by atoms with Crippen LogP contribution in [0.2, 0.25) is 67.3 Å². The molecule has 0 aromatic carbocycles. The van der Waals surface area contributed by atoms with Crippen LogP contribution in [0, 0.1) is 0 Å². The summed E-state index contributed by atoms with van der Waals surface area (Å²) in [5.41, 5.74) is 0. The molecule has 0 aromatic heterocycles. The van der Waals surface area contributed by atoms with E-state index in [1.165, 1.54) is 0 Å². The second kappa shape index (κ2) is 6.87. The van der Waals surface area contributed by atoms with Gasteiger partial charge in [-0.15, -0.1) is 0 Å². The van der Waals surface area contributed by atoms with Crippen molar-refractivity contribution in [2.24, 2.45) is 0 Å². The summed E-state index contributed by atoms with van der Waals surface area (Å²) in [6, 6.07) is 0. The predicted molar refractivity (Wildman–Crippen MR) is 119 cm³/mol. The number of allylic oxidation sites excluding steroid dienone is 2. The van der Waals surface area contributed by atoms with Gasteiger partial charge < -0.3 is 0 Å². The molecule has 0 N–H and O–H groups in total. The van der Waals surface area contributed by atoms with Gasteiger partial charge in [-0.25, -0.2) is 0 Å². The molecule has 1 rings (SSSR count). The van der Waals surface area contributed by atoms with Crippen LogP contribution in [0.25, 0.3) is 0 Å². The standard InChI is InChI=1S/C18H40GeO2Si3/c1-13-16(2)20-19(15-14-17(3)21-19)18(22(4,5)6,23(7,8)9)24(10,11)12/h13-14,16H,1,15H2,2-12H3. The number of rotatable bonds is 7. The third kappa shape index (κ3) is 3.48. The van der Waals surface area contributed by atoms with Crippen molar-refractivity contribution < 1.29 is 7.53 Å². The Morgan fingerprint density at radius 1 is 1.08 bits per heavy atom. The van der Waals surface area contributed by atoms with Crippen LogP contribution >= 0.6 is 0 Å². The molecule has 2 unspecified atom stereocenters. The molecule has 0 amide bonds. The molecule has 2 atom stereocenters. The monoisotopic (exact) mass is 446 g/mol. The van der Waals surface area contributed by atoms with Gasteiger partial charge >= 0.3 is 157 Å². The first-order valence-electron chi connectivity index (χ1n) is 9.22. The molecule has 24 heavy (non-hydrogen) atoms. The molecule has 0 bridgehead atoms. The van der Waals surface area contributed by atoms with E-state index in [-0.39, 0.29) is 6.10 Å². The average molecular weight is 445 g/mol. The van der Waals surface area contributed by atoms with Gasteiger partial charge in [0, 0.05) is 0 Å². The van der Waals surface area contributed by atoms with Crippen molar-refractivity contribution in [3.63, 3.8) is 0 Å². The minimum atomic E-state index is -3.12. The Kier molecular flexibility index (Phi) is 6.43. The first-order chi connectivity index (χ1) is 10.6. The Morgan fingerprint density at radius 2 is 1.50 bits per heavy atom. The average Bonchev–Trinajstić information content (AvgIpc) is 2.65. The zero-order valence-electron chi connectivity index (χ0n) is 18.0. The quantitative estimate of drug-likeness (QED) is 0.337. The molecule has 0 aliphatic carbocycles. The third-order valence-corrected chi connectivity index (χ3v) is 52.9. The molecule has 0 radical (unpaired) electrons. The predicted octanol–water partition coefficient (Wildman–Crippen LogP) is 6.33. The van der Waals surface area contributed by atoms with Crippen molar-refractivity contribution in [3.05, 3.63) is 24.5 Å². The molecule has 1 aliphatic heterocycles. The normalized spacial score (nSPS) is 24.4. The van der Waals surface area contributed by atoms with Gasteiger partial charge in [-0.3, -0.25) is 0 Å². The molecule has 0 saturated heterocycles. The van der Waals surface area contributed by atoms with Crippen LogP contribution in [0.1, 0.15) is 13.8 Å². The summed E-state index contributed by atoms with van der Waals surface area (Å²) in [5, 5.41) is 1.06. The van der Waals surface area contributed by atoms with Gasteiger partial charge in [-0.05, 0) is 0 Å². The first kappa shape index (κ1) is 22.5. The molecule has 1 aliphatic rings. The van der Waals surface area contributed by atoms with Crippen molar-refractivity contribution in [2.75, 3.05) is 0 Å². The summed E-state index contributed by atoms with van der Waals surface area (Å²) in [5.74, 6) is 1.10. The maximum absolute atomic E-state index is 6.96. The number of hydrogen-bond acceptors (Lipinski definition) is 2. The molecule has 140 valence electrons. The van der Waals surface area contributed by atoms with Crippen molar-refractivity contribution in [3.8, 4) is 0 Å². The molecular weight excluding hydrogens is 405 g/mol. The Bertz CT molecular complexity index is 476. The van der Waals surface area contributed by atoms with E-state index in [4.69, 9.17) is 7.53 Å². The third-order valence-electron chi connectivity index (χ3n) is 5.64. The molecular formula is C18H40GeO2Si3. The van der Waals surface area contributed by atoms with Crippen LogP contribution in [-0.2, 0) is 7.53 Å². The van der Waals surface area contributed by atoms with Crippen LogP contribution < -0.4 is 0 Å². The van der Waals surface area contributed by atoms with E-state index < -0.39 is 38.2 Å². The van der Waals surface area contributed by atoms with Gasteiger partial charge in [-0.2, -0.15) is 0 Å². The van der Waals surface area contributed by atoms with Crippen LogP contribution in [0.3, 0.4) is 0 Å². The zero-order valence-corrected chi connectivity index (χ0v) is 23.1. The second-order valence-corrected chi connectivity index (χ2v) is 37.3. The number of hydrogen-bond donors (Lipinski definition) is 0. The van der Waals surface area contributed by atoms with Crippen LogP contribution in [0.5, 0.6) is 0 Å². The van der Waals surface area contributed by atoms with Gasteiger partial charge in [0.25, 0.3) is 0 Å². The van der Waals surface area contributed by atoms with E-state index in [1.54, 1.807) is 0 Å². The minimum absolute atomic E-state index is 0.0766. The van der Waals surface area contributed by atoms with Crippen molar-refractivity contribution >= 4 is 38.2 Å². The fourth-order valence-electron chi connectivity index (χ4n) is 6.45. The zero-order chi connectivity index (χ0) is 19.2. The maximum atomic E-state index is 6.96. The molecule has 0 fully saturated rings. The van der Waals surface area contributed by atoms with Gasteiger partial charge in [0.2, 0.25) is 0 Å². The topological polar surface area (TPSA) is 18.5 Å². The van der Waals surface area contributed by atoms with Gasteiger partial charge in [0.15, 0.2) is 0 Å². The molecule has 0 aromatic rings. The molecule has 1 heterocycles. The van der Waals surface area contributed by atoms with Crippen LogP contribution in [0.15, 0.2) is 24.5 Å². The fraction of sp³-hybridized carbons (Fsp3) is 0.778. The molecule has 2 nitrogen and oxygen atoms in total. The van der Waals surface area contributed by atoms with E-state index in [1.807, 2.05) is 6.08 Å². The van der Waals surface area contributed by atoms with Crippen molar-refractivity contribution in [1.82, 2.24) is 0 Å². The Balaban J connectivity index is 3.81. The first-order valence-corrected chi connectivity index (χ1v) is 24.0. The van der Waals surface area contributed by atoms with E-state index in [9.17, 15) is 0 Å². The van der Waals surface area contributed by atoms with Gasteiger partial charge in [0.1, 0.15) is 0 Å². The summed E-state index contributed by atoms with van der Waals surface area (Å²) in [4.78, 5) is 0. The van der Waals surface area contributed by atoms with E-state index >= 15 is 0 Å². The summed E-state index contributed by atoms with van der Waals surface area (Å²) in [6.45, 7) is 31.5. The Morgan fingerprint density at radius 3 is 1.75 bits per heavy atom. The fourth-order valence-corrected chi connectivity index (χ4v) is 67.5. The van der Waals surface area contributed by atoms with Gasteiger partial charge in [-0.1, -0.05) is 0 Å². The molecule has 0 saturated carbocycles. The SMILES string of the molecule is C=CC(C)[O][Ge]1([C]([Si](C)(C)C)([Si](C)(C)C)[Si](C)(C)C)[CH2]C=C(C)[O]1. The Hall–Kier alpha value is 0.434. The molecule has 6 heteroatoms. The summed E-state index contributed by atoms with van der Waals surface area (Å²) in [7, 11) is -4.70. The Labute approximate surface area is 157 Å². The van der Waals surface area contributed by atoms with Crippen molar-refractivity contribution in [1.29, 1.82) is 0 Å². The van der Waals surface area contributed by atoms with Gasteiger partial charge in [0.05, 0.1) is 0 Å². The van der Waals surface area contributed by atoms with E-state index in [2.05, 4.69) is 85.4 Å². The van der Waals surface area contributed by atoms with E-state index in [0.717, 1.165) is 11.0 Å². The molecule has 0 spiro atoms. The second-order valence-electron chi connectivity index (χ2n) is 10.4. The van der Waals surface area contributed by atoms with Crippen molar-refractivity contribution in [2.45, 2.75) is 87.2 Å². The summed E-state index contributed by atoms with van der Waals surface area (Å²) in [6.07, 6.45) is 4.35. The van der Waals surface area contributed by atoms with Crippen LogP contribution in [-0.4, -0.2) is 44.3 Å². The van der Waals surface area contributed by atoms with Crippen LogP contribution in [0.4, 0.5) is 0 Å².